The standard InChI is InChI=1S/C28H46O13/c1-3-14-5-4-6-15(22(14)41-26-21(33)20(32)18(30)13(2)37-26)39-27-24-23(19(31)17(12-29)40-27)38-16(25(34)35)11-28(7-8-28)9-10-36-24/h13-24,26-27,29-33H,3-12H2,1-2H3,(H,34,35)/t13?,14-,15-,16-,17?,18-,19+,20?,21+,22?,23?,24?,26+,27-/m1/s1. The van der Waals surface area contributed by atoms with Crippen LogP contribution in [0, 0.1) is 11.3 Å². The molecule has 6 unspecified atom stereocenters. The van der Waals surface area contributed by atoms with E-state index >= 15 is 0 Å². The number of carbonyl (C=O) groups is 1. The second-order valence-electron chi connectivity index (χ2n) is 12.5. The molecule has 0 aromatic carbocycles. The Bertz CT molecular complexity index is 885. The number of carboxylic acid groups (broad SMARTS) is 1. The monoisotopic (exact) mass is 590 g/mol. The summed E-state index contributed by atoms with van der Waals surface area (Å²) in [6.07, 6.45) is -8.40. The Balaban J connectivity index is 1.37. The molecule has 13 heteroatoms. The van der Waals surface area contributed by atoms with Gasteiger partial charge in [-0.2, -0.15) is 0 Å². The predicted molar refractivity (Wildman–Crippen MR) is 138 cm³/mol. The summed E-state index contributed by atoms with van der Waals surface area (Å²) >= 11 is 0. The molecule has 14 atom stereocenters. The van der Waals surface area contributed by atoms with Gasteiger partial charge in [0.25, 0.3) is 0 Å². The van der Waals surface area contributed by atoms with E-state index in [1.807, 2.05) is 6.92 Å². The average Bonchev–Trinajstić information content (AvgIpc) is 3.70. The molecule has 2 saturated carbocycles. The van der Waals surface area contributed by atoms with Crippen LogP contribution in [0.1, 0.15) is 65.2 Å². The van der Waals surface area contributed by atoms with Crippen LogP contribution in [-0.2, 0) is 33.2 Å². The van der Waals surface area contributed by atoms with Gasteiger partial charge in [-0.25, -0.2) is 4.79 Å². The summed E-state index contributed by atoms with van der Waals surface area (Å²) in [5.74, 6) is -1.10. The highest BCUT2D eigenvalue weighted by Gasteiger charge is 2.54. The Morgan fingerprint density at radius 3 is 2.32 bits per heavy atom. The maximum atomic E-state index is 12.1. The van der Waals surface area contributed by atoms with Gasteiger partial charge in [0.2, 0.25) is 0 Å². The molecule has 3 heterocycles. The van der Waals surface area contributed by atoms with E-state index in [1.165, 1.54) is 0 Å². The Hall–Kier alpha value is -0.970. The third-order valence-corrected chi connectivity index (χ3v) is 9.74. The van der Waals surface area contributed by atoms with Crippen molar-refractivity contribution >= 4 is 5.97 Å². The first-order valence-corrected chi connectivity index (χ1v) is 15.0. The smallest absolute Gasteiger partial charge is 0.332 e. The lowest BCUT2D eigenvalue weighted by atomic mass is 9.82. The Morgan fingerprint density at radius 1 is 0.902 bits per heavy atom. The van der Waals surface area contributed by atoms with Gasteiger partial charge in [-0.1, -0.05) is 19.8 Å². The normalized spacial score (nSPS) is 48.5. The van der Waals surface area contributed by atoms with Crippen molar-refractivity contribution < 1.29 is 63.9 Å². The number of fused-ring (bicyclic) bond motifs is 1. The first kappa shape index (κ1) is 31.5. The molecule has 3 aliphatic heterocycles. The molecular formula is C28H46O13. The third kappa shape index (κ3) is 6.60. The molecule has 5 aliphatic rings. The first-order valence-electron chi connectivity index (χ1n) is 15.0. The minimum atomic E-state index is -1.47. The van der Waals surface area contributed by atoms with Crippen LogP contribution < -0.4 is 0 Å². The van der Waals surface area contributed by atoms with Crippen molar-refractivity contribution in [3.63, 3.8) is 0 Å². The van der Waals surface area contributed by atoms with E-state index in [2.05, 4.69) is 0 Å². The molecule has 5 rings (SSSR count). The number of rotatable bonds is 7. The Kier molecular flexibility index (Phi) is 9.93. The fraction of sp³-hybridized carbons (Fsp3) is 0.964. The summed E-state index contributed by atoms with van der Waals surface area (Å²) in [5, 5.41) is 62.0. The minimum Gasteiger partial charge on any atom is -0.479 e. The maximum absolute atomic E-state index is 12.1. The molecule has 41 heavy (non-hydrogen) atoms. The number of aliphatic hydroxyl groups is 5. The first-order chi connectivity index (χ1) is 19.6. The highest BCUT2D eigenvalue weighted by molar-refractivity contribution is 5.72. The van der Waals surface area contributed by atoms with E-state index in [-0.39, 0.29) is 11.3 Å². The second-order valence-corrected chi connectivity index (χ2v) is 12.5. The number of aliphatic hydroxyl groups excluding tert-OH is 5. The van der Waals surface area contributed by atoms with Gasteiger partial charge in [0.15, 0.2) is 18.7 Å². The fourth-order valence-corrected chi connectivity index (χ4v) is 6.85. The third-order valence-electron chi connectivity index (χ3n) is 9.74. The van der Waals surface area contributed by atoms with Crippen molar-refractivity contribution in [1.82, 2.24) is 0 Å². The molecular weight excluding hydrogens is 544 g/mol. The fourth-order valence-electron chi connectivity index (χ4n) is 6.85. The van der Waals surface area contributed by atoms with Gasteiger partial charge in [-0.05, 0) is 56.8 Å². The van der Waals surface area contributed by atoms with Crippen LogP contribution in [0.25, 0.3) is 0 Å². The van der Waals surface area contributed by atoms with E-state index in [0.29, 0.717) is 25.9 Å². The Morgan fingerprint density at radius 2 is 1.66 bits per heavy atom. The van der Waals surface area contributed by atoms with Crippen LogP contribution >= 0.6 is 0 Å². The molecule has 6 N–H and O–H groups in total. The molecule has 236 valence electrons. The summed E-state index contributed by atoms with van der Waals surface area (Å²) in [6, 6.07) is 0. The van der Waals surface area contributed by atoms with E-state index in [0.717, 1.165) is 32.1 Å². The van der Waals surface area contributed by atoms with E-state index < -0.39 is 92.3 Å². The maximum Gasteiger partial charge on any atom is 0.332 e. The minimum absolute atomic E-state index is 0.0197. The van der Waals surface area contributed by atoms with Gasteiger partial charge < -0.3 is 59.1 Å². The molecule has 0 amide bonds. The van der Waals surface area contributed by atoms with Gasteiger partial charge >= 0.3 is 5.97 Å². The summed E-state index contributed by atoms with van der Waals surface area (Å²) < 4.78 is 36.8. The molecule has 3 saturated heterocycles. The number of ether oxygens (including phenoxy) is 6. The molecule has 0 radical (unpaired) electrons. The van der Waals surface area contributed by atoms with Crippen LogP contribution in [0.2, 0.25) is 0 Å². The van der Waals surface area contributed by atoms with Gasteiger partial charge in [0.05, 0.1) is 24.9 Å². The number of hydrogen-bond acceptors (Lipinski definition) is 12. The van der Waals surface area contributed by atoms with E-state index in [1.54, 1.807) is 6.92 Å². The molecule has 13 nitrogen and oxygen atoms in total. The van der Waals surface area contributed by atoms with Gasteiger partial charge in [-0.3, -0.25) is 0 Å². The molecule has 0 aromatic rings. The van der Waals surface area contributed by atoms with Gasteiger partial charge in [0, 0.05) is 6.61 Å². The predicted octanol–water partition coefficient (Wildman–Crippen LogP) is -0.330. The zero-order valence-electron chi connectivity index (χ0n) is 23.7. The number of hydrogen-bond donors (Lipinski definition) is 6. The van der Waals surface area contributed by atoms with Crippen molar-refractivity contribution in [3.05, 3.63) is 0 Å². The van der Waals surface area contributed by atoms with E-state index in [4.69, 9.17) is 28.4 Å². The highest BCUT2D eigenvalue weighted by atomic mass is 16.7. The lowest BCUT2D eigenvalue weighted by Gasteiger charge is -2.48. The van der Waals surface area contributed by atoms with Crippen LogP contribution in [0.15, 0.2) is 0 Å². The molecule has 2 aliphatic carbocycles. The van der Waals surface area contributed by atoms with Crippen LogP contribution in [0.5, 0.6) is 0 Å². The van der Waals surface area contributed by atoms with Gasteiger partial charge in [-0.15, -0.1) is 0 Å². The molecule has 0 aromatic heterocycles. The summed E-state index contributed by atoms with van der Waals surface area (Å²) in [6.45, 7) is 3.36. The van der Waals surface area contributed by atoms with Crippen LogP contribution in [0.3, 0.4) is 0 Å². The summed E-state index contributed by atoms with van der Waals surface area (Å²) in [4.78, 5) is 12.1. The van der Waals surface area contributed by atoms with Crippen molar-refractivity contribution in [2.45, 2.75) is 145 Å². The molecule has 0 bridgehead atoms. The zero-order chi connectivity index (χ0) is 29.5. The SMILES string of the molecule is CC[C@@H]1CCC[C@@H](O[C@@H]2OC(CO)[C@H](O)C3O[C@@H](C(=O)O)CC4(CCOC32)CC4)C1O[C@@H]1OC(C)[C@@H](O)C(O)[C@@H]1O. The Labute approximate surface area is 239 Å². The lowest BCUT2D eigenvalue weighted by molar-refractivity contribution is -0.352. The van der Waals surface area contributed by atoms with E-state index in [9.17, 15) is 35.4 Å². The number of carboxylic acids is 1. The topological polar surface area (TPSA) is 194 Å². The number of aliphatic carboxylic acids is 1. The summed E-state index contributed by atoms with van der Waals surface area (Å²) in [5.41, 5.74) is -0.165. The molecule has 1 spiro atoms. The van der Waals surface area contributed by atoms with Crippen LogP contribution in [-0.4, -0.2) is 130 Å². The largest absolute Gasteiger partial charge is 0.479 e. The quantitative estimate of drug-likeness (QED) is 0.226. The van der Waals surface area contributed by atoms with Crippen LogP contribution in [0.4, 0.5) is 0 Å². The second kappa shape index (κ2) is 12.9. The zero-order valence-corrected chi connectivity index (χ0v) is 23.7. The van der Waals surface area contributed by atoms with Crippen molar-refractivity contribution in [2.24, 2.45) is 11.3 Å². The van der Waals surface area contributed by atoms with Crippen molar-refractivity contribution in [1.29, 1.82) is 0 Å². The van der Waals surface area contributed by atoms with Crippen molar-refractivity contribution in [2.75, 3.05) is 13.2 Å². The summed E-state index contributed by atoms with van der Waals surface area (Å²) in [7, 11) is 0. The van der Waals surface area contributed by atoms with Crippen molar-refractivity contribution in [3.8, 4) is 0 Å². The average molecular weight is 591 g/mol. The highest BCUT2D eigenvalue weighted by Crippen LogP contribution is 2.53. The lowest BCUT2D eigenvalue weighted by Crippen LogP contribution is -2.63. The molecule has 5 fully saturated rings. The van der Waals surface area contributed by atoms with Gasteiger partial charge in [0.1, 0.15) is 42.7 Å².